The molecule has 1 unspecified atom stereocenters. The summed E-state index contributed by atoms with van der Waals surface area (Å²) in [5, 5.41) is 0. The first kappa shape index (κ1) is 15.9. The second kappa shape index (κ2) is 6.28. The third-order valence-electron chi connectivity index (χ3n) is 4.31. The molecule has 0 aromatic carbocycles. The number of thiazole rings is 1. The van der Waals surface area contributed by atoms with Gasteiger partial charge in [0.2, 0.25) is 0 Å². The predicted molar refractivity (Wildman–Crippen MR) is 93.4 cm³/mol. The third kappa shape index (κ3) is 3.22. The van der Waals surface area contributed by atoms with E-state index in [-0.39, 0.29) is 5.91 Å². The maximum absolute atomic E-state index is 12.6. The highest BCUT2D eigenvalue weighted by molar-refractivity contribution is 7.11. The van der Waals surface area contributed by atoms with Gasteiger partial charge in [0.15, 0.2) is 0 Å². The van der Waals surface area contributed by atoms with Crippen LogP contribution in [0.2, 0.25) is 0 Å². The van der Waals surface area contributed by atoms with Crippen molar-refractivity contribution in [2.24, 2.45) is 0 Å². The number of likely N-dealkylation sites (tertiary alicyclic amines) is 1. The van der Waals surface area contributed by atoms with Gasteiger partial charge in [-0.25, -0.2) is 4.98 Å². The first-order valence-electron chi connectivity index (χ1n) is 7.81. The summed E-state index contributed by atoms with van der Waals surface area (Å²) >= 11 is 1.43. The van der Waals surface area contributed by atoms with Crippen LogP contribution in [-0.2, 0) is 0 Å². The van der Waals surface area contributed by atoms with Gasteiger partial charge < -0.3 is 9.80 Å². The first-order chi connectivity index (χ1) is 11.0. The van der Waals surface area contributed by atoms with Crippen molar-refractivity contribution in [2.45, 2.75) is 26.2 Å². The van der Waals surface area contributed by atoms with Crippen molar-refractivity contribution in [3.05, 3.63) is 39.6 Å². The average molecular weight is 330 g/mol. The molecule has 1 saturated heterocycles. The number of aryl methyl sites for hydroxylation is 2. The lowest BCUT2D eigenvalue weighted by molar-refractivity contribution is 0.0794. The highest BCUT2D eigenvalue weighted by atomic mass is 32.1. The number of pyridine rings is 1. The summed E-state index contributed by atoms with van der Waals surface area (Å²) in [4.78, 5) is 26.3. The topological polar surface area (TPSA) is 49.3 Å². The van der Waals surface area contributed by atoms with Crippen LogP contribution in [0.4, 0.5) is 5.69 Å². The second-order valence-electron chi connectivity index (χ2n) is 6.29. The zero-order valence-electron chi connectivity index (χ0n) is 14.0. The molecule has 23 heavy (non-hydrogen) atoms. The molecule has 2 aromatic heterocycles. The van der Waals surface area contributed by atoms with Gasteiger partial charge in [0.1, 0.15) is 4.88 Å². The molecule has 1 aliphatic rings. The molecule has 1 aliphatic heterocycles. The van der Waals surface area contributed by atoms with Crippen molar-refractivity contribution in [2.75, 3.05) is 32.1 Å². The Labute approximate surface area is 141 Å². The molecule has 0 saturated carbocycles. The van der Waals surface area contributed by atoms with E-state index in [2.05, 4.69) is 22.0 Å². The summed E-state index contributed by atoms with van der Waals surface area (Å²) in [7, 11) is 4.07. The molecule has 1 atom stereocenters. The zero-order chi connectivity index (χ0) is 16.6. The van der Waals surface area contributed by atoms with E-state index in [0.717, 1.165) is 47.2 Å². The van der Waals surface area contributed by atoms with Crippen LogP contribution < -0.4 is 4.90 Å². The van der Waals surface area contributed by atoms with Crippen molar-refractivity contribution >= 4 is 22.9 Å². The smallest absolute Gasteiger partial charge is 0.265 e. The molecule has 122 valence electrons. The molecule has 2 aromatic rings. The standard InChI is InChI=1S/C17H22N4OS/c1-11-7-14(20(3)4)8-15(19-11)13-5-6-21(9-13)17(22)16-12(2)18-10-23-16/h7-8,10,13H,5-6,9H2,1-4H3. The third-order valence-corrected chi connectivity index (χ3v) is 5.22. The largest absolute Gasteiger partial charge is 0.378 e. The number of hydrogen-bond acceptors (Lipinski definition) is 5. The van der Waals surface area contributed by atoms with Crippen LogP contribution in [0.25, 0.3) is 0 Å². The van der Waals surface area contributed by atoms with E-state index in [4.69, 9.17) is 4.98 Å². The van der Waals surface area contributed by atoms with Gasteiger partial charge in [0.25, 0.3) is 5.91 Å². The summed E-state index contributed by atoms with van der Waals surface area (Å²) < 4.78 is 0. The lowest BCUT2D eigenvalue weighted by Gasteiger charge is -2.18. The Hall–Kier alpha value is -1.95. The molecule has 1 amide bonds. The molecule has 5 nitrogen and oxygen atoms in total. The molecular weight excluding hydrogens is 308 g/mol. The minimum atomic E-state index is 0.105. The van der Waals surface area contributed by atoms with Gasteiger partial charge >= 0.3 is 0 Å². The second-order valence-corrected chi connectivity index (χ2v) is 7.14. The van der Waals surface area contributed by atoms with Crippen LogP contribution in [0.3, 0.4) is 0 Å². The quantitative estimate of drug-likeness (QED) is 0.868. The lowest BCUT2D eigenvalue weighted by Crippen LogP contribution is -2.28. The molecule has 1 fully saturated rings. The van der Waals surface area contributed by atoms with Crippen LogP contribution in [0.5, 0.6) is 0 Å². The van der Waals surface area contributed by atoms with Crippen LogP contribution in [0.15, 0.2) is 17.6 Å². The highest BCUT2D eigenvalue weighted by Crippen LogP contribution is 2.30. The van der Waals surface area contributed by atoms with Crippen LogP contribution >= 0.6 is 11.3 Å². The van der Waals surface area contributed by atoms with Gasteiger partial charge in [-0.05, 0) is 32.4 Å². The van der Waals surface area contributed by atoms with E-state index >= 15 is 0 Å². The summed E-state index contributed by atoms with van der Waals surface area (Å²) in [6.07, 6.45) is 0.965. The van der Waals surface area contributed by atoms with Crippen molar-refractivity contribution < 1.29 is 4.79 Å². The summed E-state index contributed by atoms with van der Waals surface area (Å²) in [5.41, 5.74) is 5.84. The van der Waals surface area contributed by atoms with Gasteiger partial charge in [0, 0.05) is 50.2 Å². The number of nitrogens with zero attached hydrogens (tertiary/aromatic N) is 4. The number of anilines is 1. The van der Waals surface area contributed by atoms with Gasteiger partial charge in [-0.2, -0.15) is 0 Å². The molecule has 3 heterocycles. The van der Waals surface area contributed by atoms with E-state index in [1.807, 2.05) is 32.8 Å². The number of aromatic nitrogens is 2. The maximum Gasteiger partial charge on any atom is 0.265 e. The normalized spacial score (nSPS) is 17.6. The van der Waals surface area contributed by atoms with E-state index in [9.17, 15) is 4.79 Å². The number of amides is 1. The number of carbonyl (C=O) groups is 1. The fraction of sp³-hybridized carbons (Fsp3) is 0.471. The summed E-state index contributed by atoms with van der Waals surface area (Å²) in [5.74, 6) is 0.416. The first-order valence-corrected chi connectivity index (χ1v) is 8.69. The Balaban J connectivity index is 1.78. The Morgan fingerprint density at radius 1 is 1.35 bits per heavy atom. The number of hydrogen-bond donors (Lipinski definition) is 0. The van der Waals surface area contributed by atoms with Crippen LogP contribution in [0, 0.1) is 13.8 Å². The van der Waals surface area contributed by atoms with E-state index in [0.29, 0.717) is 5.92 Å². The predicted octanol–water partition coefficient (Wildman–Crippen LogP) is 2.85. The molecular formula is C17H22N4OS. The molecule has 0 bridgehead atoms. The Kier molecular flexibility index (Phi) is 4.35. The molecule has 0 radical (unpaired) electrons. The van der Waals surface area contributed by atoms with Crippen molar-refractivity contribution in [3.8, 4) is 0 Å². The van der Waals surface area contributed by atoms with Gasteiger partial charge in [0.05, 0.1) is 11.2 Å². The van der Waals surface area contributed by atoms with Crippen molar-refractivity contribution in [1.82, 2.24) is 14.9 Å². The fourth-order valence-corrected chi connectivity index (χ4v) is 3.75. The lowest BCUT2D eigenvalue weighted by atomic mass is 10.0. The summed E-state index contributed by atoms with van der Waals surface area (Å²) in [6.45, 7) is 5.44. The molecule has 0 spiro atoms. The SMILES string of the molecule is Cc1cc(N(C)C)cc(C2CCN(C(=O)c3scnc3C)C2)n1. The molecule has 3 rings (SSSR count). The van der Waals surface area contributed by atoms with Crippen LogP contribution in [-0.4, -0.2) is 48.0 Å². The highest BCUT2D eigenvalue weighted by Gasteiger charge is 2.30. The minimum Gasteiger partial charge on any atom is -0.378 e. The maximum atomic E-state index is 12.6. The van der Waals surface area contributed by atoms with Gasteiger partial charge in [-0.15, -0.1) is 11.3 Å². The summed E-state index contributed by atoms with van der Waals surface area (Å²) in [6, 6.07) is 4.23. The molecule has 0 aliphatic carbocycles. The number of rotatable bonds is 3. The van der Waals surface area contributed by atoms with E-state index in [1.165, 1.54) is 11.3 Å². The molecule has 6 heteroatoms. The Morgan fingerprint density at radius 3 is 2.78 bits per heavy atom. The Morgan fingerprint density at radius 2 is 2.13 bits per heavy atom. The van der Waals surface area contributed by atoms with Gasteiger partial charge in [-0.1, -0.05) is 0 Å². The monoisotopic (exact) mass is 330 g/mol. The van der Waals surface area contributed by atoms with Crippen molar-refractivity contribution in [1.29, 1.82) is 0 Å². The Bertz CT molecular complexity index is 725. The zero-order valence-corrected chi connectivity index (χ0v) is 14.9. The van der Waals surface area contributed by atoms with Crippen LogP contribution in [0.1, 0.15) is 39.1 Å². The van der Waals surface area contributed by atoms with E-state index < -0.39 is 0 Å². The van der Waals surface area contributed by atoms with Crippen molar-refractivity contribution in [3.63, 3.8) is 0 Å². The fourth-order valence-electron chi connectivity index (χ4n) is 2.98. The van der Waals surface area contributed by atoms with Gasteiger partial charge in [-0.3, -0.25) is 9.78 Å². The molecule has 0 N–H and O–H groups in total. The van der Waals surface area contributed by atoms with E-state index in [1.54, 1.807) is 5.51 Å². The minimum absolute atomic E-state index is 0.105. The average Bonchev–Trinajstić information content (AvgIpc) is 3.14. The number of carbonyl (C=O) groups excluding carboxylic acids is 1.